The quantitative estimate of drug-likeness (QED) is 0.626. The first-order chi connectivity index (χ1) is 10.8. The molecule has 0 saturated carbocycles. The summed E-state index contributed by atoms with van der Waals surface area (Å²) in [7, 11) is 1.97. The van der Waals surface area contributed by atoms with Crippen LogP contribution < -0.4 is 0 Å². The predicted molar refractivity (Wildman–Crippen MR) is 87.5 cm³/mol. The van der Waals surface area contributed by atoms with Gasteiger partial charge in [0.2, 0.25) is 0 Å². The topological polar surface area (TPSA) is 46.5 Å². The number of rotatable bonds is 3. The molecule has 2 aromatic carbocycles. The molecule has 0 amide bonds. The van der Waals surface area contributed by atoms with E-state index in [9.17, 15) is 0 Å². The highest BCUT2D eigenvalue weighted by Gasteiger charge is 2.12. The maximum atomic E-state index is 4.20. The van der Waals surface area contributed by atoms with Gasteiger partial charge in [-0.25, -0.2) is 0 Å². The summed E-state index contributed by atoms with van der Waals surface area (Å²) in [5, 5.41) is 10.6. The summed E-state index contributed by atoms with van der Waals surface area (Å²) >= 11 is 0. The summed E-state index contributed by atoms with van der Waals surface area (Å²) in [6.07, 6.45) is 4.56. The smallest absolute Gasteiger partial charge is 0.136 e. The Morgan fingerprint density at radius 3 is 2.73 bits per heavy atom. The van der Waals surface area contributed by atoms with Crippen molar-refractivity contribution in [2.24, 2.45) is 7.05 Å². The van der Waals surface area contributed by atoms with Gasteiger partial charge in [-0.15, -0.1) is 10.2 Å². The first kappa shape index (κ1) is 12.8. The number of nitrogens with zero attached hydrogens (tertiary/aromatic N) is 3. The fourth-order valence-corrected chi connectivity index (χ4v) is 2.86. The SMILES string of the molecule is Cn1cnnc1Cc1ccccc1-c1[nH]cc2ccccc12. The van der Waals surface area contributed by atoms with Gasteiger partial charge in [0.25, 0.3) is 0 Å². The molecule has 2 heterocycles. The molecule has 108 valence electrons. The van der Waals surface area contributed by atoms with Gasteiger partial charge in [-0.1, -0.05) is 48.5 Å². The van der Waals surface area contributed by atoms with E-state index in [1.54, 1.807) is 6.33 Å². The molecule has 0 unspecified atom stereocenters. The Balaban J connectivity index is 1.84. The molecule has 22 heavy (non-hydrogen) atoms. The fraction of sp³-hybridized carbons (Fsp3) is 0.111. The van der Waals surface area contributed by atoms with Crippen molar-refractivity contribution in [3.8, 4) is 11.3 Å². The second-order valence-electron chi connectivity index (χ2n) is 5.44. The number of H-pyrrole nitrogens is 1. The molecule has 0 bridgehead atoms. The van der Waals surface area contributed by atoms with Gasteiger partial charge in [-0.3, -0.25) is 0 Å². The second-order valence-corrected chi connectivity index (χ2v) is 5.44. The van der Waals surface area contributed by atoms with Gasteiger partial charge in [0.05, 0.1) is 5.69 Å². The summed E-state index contributed by atoms with van der Waals surface area (Å²) in [6.45, 7) is 0. The molecule has 0 aliphatic heterocycles. The van der Waals surface area contributed by atoms with Crippen molar-refractivity contribution in [3.63, 3.8) is 0 Å². The van der Waals surface area contributed by atoms with Crippen LogP contribution in [0.15, 0.2) is 61.1 Å². The second kappa shape index (κ2) is 5.15. The summed E-state index contributed by atoms with van der Waals surface area (Å²) in [4.78, 5) is 3.42. The van der Waals surface area contributed by atoms with Crippen LogP contribution in [0.2, 0.25) is 0 Å². The van der Waals surface area contributed by atoms with E-state index in [0.29, 0.717) is 0 Å². The largest absolute Gasteiger partial charge is 0.360 e. The van der Waals surface area contributed by atoms with Crippen molar-refractivity contribution in [1.29, 1.82) is 0 Å². The minimum absolute atomic E-state index is 0.764. The van der Waals surface area contributed by atoms with Gasteiger partial charge in [0.1, 0.15) is 12.2 Å². The molecule has 0 spiro atoms. The third-order valence-corrected chi connectivity index (χ3v) is 4.04. The maximum absolute atomic E-state index is 4.20. The van der Waals surface area contributed by atoms with Crippen molar-refractivity contribution >= 4 is 10.8 Å². The molecule has 4 rings (SSSR count). The Kier molecular flexibility index (Phi) is 3.00. The first-order valence-electron chi connectivity index (χ1n) is 7.30. The van der Waals surface area contributed by atoms with Crippen LogP contribution in [0.25, 0.3) is 22.0 Å². The van der Waals surface area contributed by atoms with Crippen LogP contribution in [-0.2, 0) is 13.5 Å². The molecule has 0 aliphatic rings. The zero-order valence-corrected chi connectivity index (χ0v) is 12.3. The number of aromatic amines is 1. The van der Waals surface area contributed by atoms with Crippen LogP contribution >= 0.6 is 0 Å². The highest BCUT2D eigenvalue weighted by molar-refractivity contribution is 5.96. The van der Waals surface area contributed by atoms with E-state index in [1.165, 1.54) is 21.9 Å². The Labute approximate surface area is 128 Å². The van der Waals surface area contributed by atoms with Crippen molar-refractivity contribution in [2.45, 2.75) is 6.42 Å². The minimum Gasteiger partial charge on any atom is -0.360 e. The third-order valence-electron chi connectivity index (χ3n) is 4.04. The molecule has 2 aromatic heterocycles. The van der Waals surface area contributed by atoms with E-state index in [-0.39, 0.29) is 0 Å². The highest BCUT2D eigenvalue weighted by Crippen LogP contribution is 2.30. The minimum atomic E-state index is 0.764. The van der Waals surface area contributed by atoms with Crippen LogP contribution in [0.4, 0.5) is 0 Å². The Morgan fingerprint density at radius 1 is 1.05 bits per heavy atom. The molecule has 4 nitrogen and oxygen atoms in total. The zero-order chi connectivity index (χ0) is 14.9. The lowest BCUT2D eigenvalue weighted by molar-refractivity contribution is 0.822. The number of aromatic nitrogens is 4. The number of aryl methyl sites for hydroxylation is 1. The van der Waals surface area contributed by atoms with Gasteiger partial charge >= 0.3 is 0 Å². The van der Waals surface area contributed by atoms with Crippen LogP contribution in [-0.4, -0.2) is 19.7 Å². The van der Waals surface area contributed by atoms with Gasteiger partial charge in [0.15, 0.2) is 0 Å². The Bertz CT molecular complexity index is 933. The van der Waals surface area contributed by atoms with Crippen molar-refractivity contribution in [2.75, 3.05) is 0 Å². The predicted octanol–water partition coefficient (Wildman–Crippen LogP) is 3.55. The van der Waals surface area contributed by atoms with Crippen molar-refractivity contribution in [1.82, 2.24) is 19.7 Å². The number of hydrogen-bond acceptors (Lipinski definition) is 2. The average Bonchev–Trinajstić information content (AvgIpc) is 3.15. The lowest BCUT2D eigenvalue weighted by Gasteiger charge is -2.08. The number of fused-ring (bicyclic) bond motifs is 1. The Hall–Kier alpha value is -2.88. The summed E-state index contributed by atoms with van der Waals surface area (Å²) in [5.74, 6) is 0.961. The van der Waals surface area contributed by atoms with E-state index >= 15 is 0 Å². The van der Waals surface area contributed by atoms with E-state index < -0.39 is 0 Å². The van der Waals surface area contributed by atoms with Gasteiger partial charge < -0.3 is 9.55 Å². The van der Waals surface area contributed by atoms with E-state index in [2.05, 4.69) is 69.9 Å². The molecule has 4 heteroatoms. The van der Waals surface area contributed by atoms with E-state index in [0.717, 1.165) is 17.9 Å². The van der Waals surface area contributed by atoms with Gasteiger partial charge in [0, 0.05) is 30.6 Å². The number of nitrogens with one attached hydrogen (secondary N) is 1. The van der Waals surface area contributed by atoms with Gasteiger partial charge in [-0.05, 0) is 10.9 Å². The van der Waals surface area contributed by atoms with Crippen molar-refractivity contribution in [3.05, 3.63) is 72.4 Å². The molecule has 0 radical (unpaired) electrons. The number of hydrogen-bond donors (Lipinski definition) is 1. The number of benzene rings is 2. The standard InChI is InChI=1S/C18H16N4/c1-22-12-20-21-17(22)10-13-6-2-4-8-15(13)18-16-9-5-3-7-14(16)11-19-18/h2-9,11-12,19H,10H2,1H3. The molecule has 0 fully saturated rings. The van der Waals surface area contributed by atoms with Crippen LogP contribution in [0, 0.1) is 0 Å². The zero-order valence-electron chi connectivity index (χ0n) is 12.3. The summed E-state index contributed by atoms with van der Waals surface area (Å²) < 4.78 is 1.96. The van der Waals surface area contributed by atoms with Crippen LogP contribution in [0.3, 0.4) is 0 Å². The van der Waals surface area contributed by atoms with E-state index in [1.807, 2.05) is 11.6 Å². The molecule has 0 saturated heterocycles. The highest BCUT2D eigenvalue weighted by atomic mass is 15.2. The van der Waals surface area contributed by atoms with E-state index in [4.69, 9.17) is 0 Å². The maximum Gasteiger partial charge on any atom is 0.136 e. The molecule has 0 aliphatic carbocycles. The van der Waals surface area contributed by atoms with Crippen LogP contribution in [0.5, 0.6) is 0 Å². The lowest BCUT2D eigenvalue weighted by Crippen LogP contribution is -2.00. The average molecular weight is 288 g/mol. The fourth-order valence-electron chi connectivity index (χ4n) is 2.86. The summed E-state index contributed by atoms with van der Waals surface area (Å²) in [6, 6.07) is 16.9. The molecule has 1 N–H and O–H groups in total. The monoisotopic (exact) mass is 288 g/mol. The Morgan fingerprint density at radius 2 is 1.86 bits per heavy atom. The van der Waals surface area contributed by atoms with Crippen molar-refractivity contribution < 1.29 is 0 Å². The normalized spacial score (nSPS) is 11.1. The molecule has 4 aromatic rings. The van der Waals surface area contributed by atoms with Crippen LogP contribution in [0.1, 0.15) is 11.4 Å². The third kappa shape index (κ3) is 2.09. The molecule has 0 atom stereocenters. The lowest BCUT2D eigenvalue weighted by atomic mass is 9.99. The molecular formula is C18H16N4. The summed E-state index contributed by atoms with van der Waals surface area (Å²) in [5.41, 5.74) is 3.62. The first-order valence-corrected chi connectivity index (χ1v) is 7.30. The molecular weight excluding hydrogens is 272 g/mol. The van der Waals surface area contributed by atoms with Gasteiger partial charge in [-0.2, -0.15) is 0 Å².